The highest BCUT2D eigenvalue weighted by molar-refractivity contribution is 6.46. The molecule has 5 rings (SSSR count). The molecule has 3 aromatic rings. The maximum atomic E-state index is 13.1. The summed E-state index contributed by atoms with van der Waals surface area (Å²) in [6.45, 7) is 1.12. The van der Waals surface area contributed by atoms with Crippen LogP contribution in [0.2, 0.25) is 0 Å². The third-order valence-electron chi connectivity index (χ3n) is 5.68. The Labute approximate surface area is 184 Å². The van der Waals surface area contributed by atoms with Gasteiger partial charge in [-0.25, -0.2) is 4.98 Å². The van der Waals surface area contributed by atoms with E-state index in [2.05, 4.69) is 4.98 Å². The van der Waals surface area contributed by atoms with Crippen molar-refractivity contribution in [2.75, 3.05) is 13.3 Å². The number of imidazole rings is 1. The normalized spacial score (nSPS) is 19.0. The molecule has 8 heteroatoms. The summed E-state index contributed by atoms with van der Waals surface area (Å²) in [5.41, 5.74) is 1.23. The van der Waals surface area contributed by atoms with E-state index in [0.717, 1.165) is 5.56 Å². The average Bonchev–Trinajstić information content (AvgIpc) is 3.55. The van der Waals surface area contributed by atoms with E-state index in [1.165, 1.54) is 4.90 Å². The second-order valence-corrected chi connectivity index (χ2v) is 7.63. The lowest BCUT2D eigenvalue weighted by molar-refractivity contribution is -0.139. The van der Waals surface area contributed by atoms with Gasteiger partial charge in [0.2, 0.25) is 6.79 Å². The lowest BCUT2D eigenvalue weighted by Gasteiger charge is -2.25. The number of hydrogen-bond acceptors (Lipinski definition) is 6. The molecule has 1 amide bonds. The predicted octanol–water partition coefficient (Wildman–Crippen LogP) is 3.12. The average molecular weight is 431 g/mol. The van der Waals surface area contributed by atoms with Crippen molar-refractivity contribution < 1.29 is 24.2 Å². The van der Waals surface area contributed by atoms with Crippen molar-refractivity contribution in [1.82, 2.24) is 14.5 Å². The smallest absolute Gasteiger partial charge is 0.295 e. The number of aliphatic hydroxyl groups excluding tert-OH is 1. The topological polar surface area (TPSA) is 93.9 Å². The quantitative estimate of drug-likeness (QED) is 0.366. The Bertz CT molecular complexity index is 1190. The van der Waals surface area contributed by atoms with Gasteiger partial charge in [-0.3, -0.25) is 9.59 Å². The zero-order valence-electron chi connectivity index (χ0n) is 17.2. The van der Waals surface area contributed by atoms with Crippen LogP contribution < -0.4 is 9.47 Å². The molecule has 2 aliphatic rings. The van der Waals surface area contributed by atoms with Crippen molar-refractivity contribution in [3.05, 3.63) is 84.0 Å². The number of likely N-dealkylation sites (tertiary alicyclic amines) is 1. The Kier molecular flexibility index (Phi) is 5.10. The molecule has 32 heavy (non-hydrogen) atoms. The molecular formula is C24H21N3O5. The third kappa shape index (κ3) is 3.49. The fraction of sp³-hybridized carbons (Fsp3) is 0.208. The number of carbonyl (C=O) groups is 2. The van der Waals surface area contributed by atoms with E-state index >= 15 is 0 Å². The summed E-state index contributed by atoms with van der Waals surface area (Å²) in [5, 5.41) is 11.1. The first-order valence-corrected chi connectivity index (χ1v) is 10.3. The van der Waals surface area contributed by atoms with Gasteiger partial charge in [0.15, 0.2) is 11.5 Å². The number of hydrogen-bond donors (Lipinski definition) is 1. The molecular weight excluding hydrogens is 410 g/mol. The maximum absolute atomic E-state index is 13.1. The molecule has 2 aliphatic heterocycles. The molecule has 1 atom stereocenters. The van der Waals surface area contributed by atoms with Crippen LogP contribution in [-0.2, 0) is 16.1 Å². The van der Waals surface area contributed by atoms with Crippen molar-refractivity contribution in [1.29, 1.82) is 0 Å². The summed E-state index contributed by atoms with van der Waals surface area (Å²) >= 11 is 0. The van der Waals surface area contributed by atoms with Gasteiger partial charge in [-0.05, 0) is 30.2 Å². The monoisotopic (exact) mass is 431 g/mol. The highest BCUT2D eigenvalue weighted by atomic mass is 16.7. The SMILES string of the molecule is O=C1C(=O)N(CCCn2ccnc2)C(c2ccccc2)C1=C(O)c1ccc2c(c1)OCO2. The number of rotatable bonds is 6. The fourth-order valence-corrected chi connectivity index (χ4v) is 4.13. The first-order chi connectivity index (χ1) is 15.6. The summed E-state index contributed by atoms with van der Waals surface area (Å²) < 4.78 is 12.6. The summed E-state index contributed by atoms with van der Waals surface area (Å²) in [6.07, 6.45) is 5.89. The number of aliphatic hydroxyl groups is 1. The van der Waals surface area contributed by atoms with Crippen LogP contribution in [0.4, 0.5) is 0 Å². The van der Waals surface area contributed by atoms with E-state index in [1.54, 1.807) is 30.7 Å². The number of ketones is 1. The lowest BCUT2D eigenvalue weighted by atomic mass is 9.95. The van der Waals surface area contributed by atoms with E-state index in [9.17, 15) is 14.7 Å². The molecule has 0 saturated carbocycles. The predicted molar refractivity (Wildman–Crippen MR) is 115 cm³/mol. The van der Waals surface area contributed by atoms with Crippen molar-refractivity contribution >= 4 is 17.4 Å². The molecule has 0 aliphatic carbocycles. The number of Topliss-reactive ketones (excluding diaryl/α,β-unsaturated/α-hetero) is 1. The Balaban J connectivity index is 1.52. The van der Waals surface area contributed by atoms with Gasteiger partial charge in [-0.15, -0.1) is 0 Å². The standard InChI is InChI=1S/C24H21N3O5/c28-22(17-7-8-18-19(13-17)32-15-31-18)20-21(16-5-2-1-3-6-16)27(24(30)23(20)29)11-4-10-26-12-9-25-14-26/h1-3,5-9,12-14,21,28H,4,10-11,15H2. The van der Waals surface area contributed by atoms with E-state index in [4.69, 9.17) is 9.47 Å². The van der Waals surface area contributed by atoms with Crippen LogP contribution in [0.5, 0.6) is 11.5 Å². The van der Waals surface area contributed by atoms with E-state index in [0.29, 0.717) is 36.6 Å². The van der Waals surface area contributed by atoms with Gasteiger partial charge in [-0.1, -0.05) is 30.3 Å². The molecule has 0 bridgehead atoms. The van der Waals surface area contributed by atoms with Gasteiger partial charge in [0, 0.05) is 31.0 Å². The summed E-state index contributed by atoms with van der Waals surface area (Å²) in [6, 6.07) is 13.5. The van der Waals surface area contributed by atoms with Crippen LogP contribution in [0.3, 0.4) is 0 Å². The molecule has 0 radical (unpaired) electrons. The molecule has 1 fully saturated rings. The number of aryl methyl sites for hydroxylation is 1. The first kappa shape index (κ1) is 19.9. The lowest BCUT2D eigenvalue weighted by Crippen LogP contribution is -2.31. The second kappa shape index (κ2) is 8.22. The van der Waals surface area contributed by atoms with Gasteiger partial charge in [-0.2, -0.15) is 0 Å². The Morgan fingerprint density at radius 3 is 2.66 bits per heavy atom. The summed E-state index contributed by atoms with van der Waals surface area (Å²) in [4.78, 5) is 31.6. The number of nitrogens with zero attached hydrogens (tertiary/aromatic N) is 3. The van der Waals surface area contributed by atoms with E-state index in [-0.39, 0.29) is 18.1 Å². The van der Waals surface area contributed by atoms with Gasteiger partial charge in [0.1, 0.15) is 5.76 Å². The van der Waals surface area contributed by atoms with Crippen molar-refractivity contribution in [2.24, 2.45) is 0 Å². The minimum absolute atomic E-state index is 0.0719. The van der Waals surface area contributed by atoms with Crippen LogP contribution in [0.1, 0.15) is 23.6 Å². The number of aromatic nitrogens is 2. The number of benzene rings is 2. The molecule has 2 aromatic carbocycles. The van der Waals surface area contributed by atoms with Gasteiger partial charge in [0.25, 0.3) is 11.7 Å². The molecule has 0 spiro atoms. The molecule has 162 valence electrons. The number of ether oxygens (including phenoxy) is 2. The number of carbonyl (C=O) groups excluding carboxylic acids is 2. The maximum Gasteiger partial charge on any atom is 0.295 e. The Morgan fingerprint density at radius 1 is 1.06 bits per heavy atom. The molecule has 8 nitrogen and oxygen atoms in total. The number of fused-ring (bicyclic) bond motifs is 1. The van der Waals surface area contributed by atoms with Gasteiger partial charge >= 0.3 is 0 Å². The highest BCUT2D eigenvalue weighted by Crippen LogP contribution is 2.41. The zero-order chi connectivity index (χ0) is 22.1. The highest BCUT2D eigenvalue weighted by Gasteiger charge is 2.45. The molecule has 3 heterocycles. The molecule has 1 saturated heterocycles. The molecule has 1 N–H and O–H groups in total. The molecule has 1 aromatic heterocycles. The Morgan fingerprint density at radius 2 is 1.88 bits per heavy atom. The van der Waals surface area contributed by atoms with Crippen molar-refractivity contribution in [3.8, 4) is 11.5 Å². The largest absolute Gasteiger partial charge is 0.507 e. The van der Waals surface area contributed by atoms with Gasteiger partial charge < -0.3 is 24.0 Å². The number of amides is 1. The third-order valence-corrected chi connectivity index (χ3v) is 5.68. The van der Waals surface area contributed by atoms with Crippen molar-refractivity contribution in [3.63, 3.8) is 0 Å². The minimum Gasteiger partial charge on any atom is -0.507 e. The van der Waals surface area contributed by atoms with Crippen LogP contribution >= 0.6 is 0 Å². The summed E-state index contributed by atoms with van der Waals surface area (Å²) in [5.74, 6) is -0.489. The van der Waals surface area contributed by atoms with Crippen LogP contribution in [0.25, 0.3) is 5.76 Å². The van der Waals surface area contributed by atoms with Crippen LogP contribution in [0, 0.1) is 0 Å². The minimum atomic E-state index is -0.698. The van der Waals surface area contributed by atoms with E-state index in [1.807, 2.05) is 41.1 Å². The molecule has 1 unspecified atom stereocenters. The fourth-order valence-electron chi connectivity index (χ4n) is 4.13. The van der Waals surface area contributed by atoms with Crippen LogP contribution in [0.15, 0.2) is 72.8 Å². The van der Waals surface area contributed by atoms with E-state index < -0.39 is 17.7 Å². The second-order valence-electron chi connectivity index (χ2n) is 7.63. The Hall–Kier alpha value is -4.07. The summed E-state index contributed by atoms with van der Waals surface area (Å²) in [7, 11) is 0. The first-order valence-electron chi connectivity index (χ1n) is 10.3. The van der Waals surface area contributed by atoms with Crippen LogP contribution in [-0.4, -0.2) is 44.6 Å². The van der Waals surface area contributed by atoms with Crippen molar-refractivity contribution in [2.45, 2.75) is 19.0 Å². The zero-order valence-corrected chi connectivity index (χ0v) is 17.2. The van der Waals surface area contributed by atoms with Gasteiger partial charge in [0.05, 0.1) is 17.9 Å².